The molecular weight excluding hydrogens is 127 g/mol. The third kappa shape index (κ3) is 221. The Morgan fingerprint density at radius 2 is 1.17 bits per heavy atom. The van der Waals surface area contributed by atoms with Crippen molar-refractivity contribution >= 4 is 23.2 Å². The fourth-order valence-corrected chi connectivity index (χ4v) is 0. The quantitative estimate of drug-likeness (QED) is 0.369. The summed E-state index contributed by atoms with van der Waals surface area (Å²) in [5.41, 5.74) is 0. The molecule has 0 aliphatic rings. The molecule has 2 N–H and O–H groups in total. The average Bonchev–Trinajstić information content (AvgIpc) is 1.39. The molecular formula is C2H6Cl2O2. The van der Waals surface area contributed by atoms with Crippen LogP contribution >= 0.6 is 23.2 Å². The van der Waals surface area contributed by atoms with Gasteiger partial charge in [0.05, 0.1) is 5.34 Å². The van der Waals surface area contributed by atoms with Crippen LogP contribution in [-0.2, 0) is 0 Å². The highest BCUT2D eigenvalue weighted by molar-refractivity contribution is 6.40. The maximum Gasteiger partial charge on any atom is 0.140 e. The molecule has 40 valence electrons. The third-order valence-corrected chi connectivity index (χ3v) is 0. The van der Waals surface area contributed by atoms with E-state index in [1.807, 2.05) is 0 Å². The molecule has 0 aliphatic heterocycles. The Kier molecular flexibility index (Phi) is 28.8. The van der Waals surface area contributed by atoms with Gasteiger partial charge in [-0.2, -0.15) is 0 Å². The first-order valence-corrected chi connectivity index (χ1v) is 2.24. The van der Waals surface area contributed by atoms with Gasteiger partial charge in [-0.25, -0.2) is 0 Å². The zero-order valence-electron chi connectivity index (χ0n) is 3.06. The smallest absolute Gasteiger partial charge is 0.140 e. The predicted octanol–water partition coefficient (Wildman–Crippen LogP) is 0.350. The molecule has 0 heterocycles. The Labute approximate surface area is 46.3 Å². The van der Waals surface area contributed by atoms with Crippen LogP contribution in [-0.4, -0.2) is 22.3 Å². The predicted molar refractivity (Wildman–Crippen MR) is 25.9 cm³/mol. The van der Waals surface area contributed by atoms with E-state index in [1.165, 1.54) is 0 Å². The van der Waals surface area contributed by atoms with Crippen molar-refractivity contribution in [3.63, 3.8) is 0 Å². The van der Waals surface area contributed by atoms with Crippen LogP contribution < -0.4 is 0 Å². The first-order chi connectivity index (χ1) is 2.83. The van der Waals surface area contributed by atoms with Crippen LogP contribution in [0.15, 0.2) is 0 Å². The lowest BCUT2D eigenvalue weighted by Gasteiger charge is -1.55. The Morgan fingerprint density at radius 1 is 1.17 bits per heavy atom. The zero-order valence-corrected chi connectivity index (χ0v) is 4.58. The van der Waals surface area contributed by atoms with Crippen molar-refractivity contribution in [2.24, 2.45) is 0 Å². The first-order valence-electron chi connectivity index (χ1n) is 1.17. The normalized spacial score (nSPS) is 6.00. The van der Waals surface area contributed by atoms with Gasteiger partial charge in [-0.1, -0.05) is 0 Å². The Balaban J connectivity index is 0. The van der Waals surface area contributed by atoms with E-state index in [0.29, 0.717) is 0 Å². The van der Waals surface area contributed by atoms with Crippen LogP contribution in [0.3, 0.4) is 0 Å². The molecule has 0 aromatic rings. The van der Waals surface area contributed by atoms with Gasteiger partial charge < -0.3 is 10.2 Å². The highest BCUT2D eigenvalue weighted by atomic mass is 35.5. The van der Waals surface area contributed by atoms with Crippen LogP contribution in [0.4, 0.5) is 0 Å². The molecule has 0 bridgehead atoms. The van der Waals surface area contributed by atoms with E-state index < -0.39 is 6.79 Å². The summed E-state index contributed by atoms with van der Waals surface area (Å²) in [4.78, 5) is 0. The van der Waals surface area contributed by atoms with Gasteiger partial charge in [-0.05, 0) is 0 Å². The van der Waals surface area contributed by atoms with Crippen LogP contribution in [0.2, 0.25) is 0 Å². The summed E-state index contributed by atoms with van der Waals surface area (Å²) in [6.45, 7) is -0.750. The molecule has 0 rings (SSSR count). The second kappa shape index (κ2) is 17.8. The number of rotatable bonds is 0. The monoisotopic (exact) mass is 132 g/mol. The molecule has 0 amide bonds. The molecule has 6 heavy (non-hydrogen) atoms. The molecule has 0 radical (unpaired) electrons. The van der Waals surface area contributed by atoms with Gasteiger partial charge in [0.1, 0.15) is 6.79 Å². The maximum absolute atomic E-state index is 7.12. The molecule has 0 fully saturated rings. The molecule has 0 aliphatic carbocycles. The second-order valence-electron chi connectivity index (χ2n) is 0.242. The summed E-state index contributed by atoms with van der Waals surface area (Å²) in [6.07, 6.45) is 0. The molecule has 4 heteroatoms. The number of alkyl halides is 2. The van der Waals surface area contributed by atoms with E-state index in [2.05, 4.69) is 0 Å². The van der Waals surface area contributed by atoms with Crippen molar-refractivity contribution in [1.82, 2.24) is 0 Å². The highest BCUT2D eigenvalue weighted by Crippen LogP contribution is 1.73. The number of hydrogen-bond donors (Lipinski definition) is 2. The van der Waals surface area contributed by atoms with Gasteiger partial charge in [0.15, 0.2) is 0 Å². The molecule has 0 aromatic heterocycles. The largest absolute Gasteiger partial charge is 0.371 e. The fraction of sp³-hybridized carbons (Fsp3) is 1.00. The Bertz CT molecular complexity index is 11.5. The van der Waals surface area contributed by atoms with Crippen molar-refractivity contribution in [3.05, 3.63) is 0 Å². The average molecular weight is 133 g/mol. The zero-order chi connectivity index (χ0) is 5.41. The summed E-state index contributed by atoms with van der Waals surface area (Å²) in [5, 5.41) is 14.4. The van der Waals surface area contributed by atoms with E-state index in [-0.39, 0.29) is 5.34 Å². The van der Waals surface area contributed by atoms with Gasteiger partial charge in [0, 0.05) is 0 Å². The maximum atomic E-state index is 7.12. The molecule has 0 atom stereocenters. The van der Waals surface area contributed by atoms with Crippen molar-refractivity contribution in [2.45, 2.75) is 0 Å². The minimum absolute atomic E-state index is 0.194. The third-order valence-electron chi connectivity index (χ3n) is 0. The Morgan fingerprint density at radius 3 is 1.17 bits per heavy atom. The SMILES string of the molecule is ClCCl.OCO. The van der Waals surface area contributed by atoms with Crippen LogP contribution in [0.5, 0.6) is 0 Å². The number of hydrogen-bond acceptors (Lipinski definition) is 2. The molecule has 2 nitrogen and oxygen atoms in total. The lowest BCUT2D eigenvalue weighted by atomic mass is 11.6. The molecule has 0 saturated heterocycles. The second-order valence-corrected chi connectivity index (χ2v) is 1.05. The van der Waals surface area contributed by atoms with Gasteiger partial charge in [0.25, 0.3) is 0 Å². The van der Waals surface area contributed by atoms with Crippen molar-refractivity contribution in [1.29, 1.82) is 0 Å². The summed E-state index contributed by atoms with van der Waals surface area (Å²) in [5.74, 6) is 0. The minimum atomic E-state index is -0.750. The topological polar surface area (TPSA) is 40.5 Å². The molecule has 0 aromatic carbocycles. The lowest BCUT2D eigenvalue weighted by molar-refractivity contribution is 0.0773. The van der Waals surface area contributed by atoms with Crippen LogP contribution in [0, 0.1) is 0 Å². The lowest BCUT2D eigenvalue weighted by Crippen LogP contribution is -1.66. The summed E-state index contributed by atoms with van der Waals surface area (Å²) < 4.78 is 0. The minimum Gasteiger partial charge on any atom is -0.371 e. The summed E-state index contributed by atoms with van der Waals surface area (Å²) in [6, 6.07) is 0. The van der Waals surface area contributed by atoms with Gasteiger partial charge in [0.2, 0.25) is 0 Å². The summed E-state index contributed by atoms with van der Waals surface area (Å²) >= 11 is 9.53. The van der Waals surface area contributed by atoms with Gasteiger partial charge >= 0.3 is 0 Å². The molecule has 0 spiro atoms. The number of halogens is 2. The van der Waals surface area contributed by atoms with E-state index in [1.54, 1.807) is 0 Å². The molecule has 0 unspecified atom stereocenters. The standard InChI is InChI=1S/CH2Cl2.CH4O2/c2*2-1-3/h1H2;2-3H,1H2. The van der Waals surface area contributed by atoms with Gasteiger partial charge in [-0.3, -0.25) is 0 Å². The van der Waals surface area contributed by atoms with Crippen molar-refractivity contribution < 1.29 is 10.2 Å². The van der Waals surface area contributed by atoms with E-state index in [9.17, 15) is 0 Å². The number of aliphatic hydroxyl groups is 2. The first kappa shape index (κ1) is 9.71. The van der Waals surface area contributed by atoms with Gasteiger partial charge in [-0.15, -0.1) is 23.2 Å². The van der Waals surface area contributed by atoms with E-state index in [0.717, 1.165) is 0 Å². The van der Waals surface area contributed by atoms with E-state index >= 15 is 0 Å². The Hall–Kier alpha value is 0.500. The van der Waals surface area contributed by atoms with E-state index in [4.69, 9.17) is 33.4 Å². The highest BCUT2D eigenvalue weighted by Gasteiger charge is 1.41. The van der Waals surface area contributed by atoms with Crippen LogP contribution in [0.25, 0.3) is 0 Å². The van der Waals surface area contributed by atoms with Crippen molar-refractivity contribution in [2.75, 3.05) is 12.1 Å². The van der Waals surface area contributed by atoms with Crippen molar-refractivity contribution in [3.8, 4) is 0 Å². The number of aliphatic hydroxyl groups excluding tert-OH is 1. The fourth-order valence-electron chi connectivity index (χ4n) is 0. The molecule has 0 saturated carbocycles. The van der Waals surface area contributed by atoms with Crippen LogP contribution in [0.1, 0.15) is 0 Å². The summed E-state index contributed by atoms with van der Waals surface area (Å²) in [7, 11) is 0.